The number of carbonyl (C=O) groups is 1. The van der Waals surface area contributed by atoms with E-state index in [1.54, 1.807) is 19.1 Å². The Hall–Kier alpha value is -3.36. The summed E-state index contributed by atoms with van der Waals surface area (Å²) < 4.78 is 44.5. The van der Waals surface area contributed by atoms with Gasteiger partial charge in [0.25, 0.3) is 5.91 Å². The second-order valence-electron chi connectivity index (χ2n) is 5.45. The maximum absolute atomic E-state index is 12.4. The summed E-state index contributed by atoms with van der Waals surface area (Å²) in [5, 5.41) is 4.04. The van der Waals surface area contributed by atoms with Crippen molar-refractivity contribution in [1.29, 1.82) is 0 Å². The van der Waals surface area contributed by atoms with Crippen LogP contribution in [-0.4, -0.2) is 39.6 Å². The number of methoxy groups -OCH3 is 3. The molecular weight excluding hydrogens is 374 g/mol. The third kappa shape index (κ3) is 5.09. The minimum absolute atomic E-state index is 0.0941. The van der Waals surface area contributed by atoms with Gasteiger partial charge in [-0.05, 0) is 43.3 Å². The number of nitrogens with one attached hydrogen (secondary N) is 1. The van der Waals surface area contributed by atoms with Crippen LogP contribution in [0.25, 0.3) is 0 Å². The van der Waals surface area contributed by atoms with Crippen LogP contribution in [0.3, 0.4) is 0 Å². The van der Waals surface area contributed by atoms with Crippen LogP contribution in [0.2, 0.25) is 0 Å². The highest BCUT2D eigenvalue weighted by Gasteiger charge is 2.13. The number of hydrogen-bond donors (Lipinski definition) is 1. The smallest absolute Gasteiger partial charge is 0.387 e. The number of nitrogens with zero attached hydrogens (tertiary/aromatic N) is 1. The minimum atomic E-state index is -2.96. The zero-order chi connectivity index (χ0) is 20.7. The summed E-state index contributed by atoms with van der Waals surface area (Å²) in [7, 11) is 4.30. The van der Waals surface area contributed by atoms with Crippen molar-refractivity contribution in [3.8, 4) is 23.0 Å². The molecule has 9 heteroatoms. The number of alkyl halides is 2. The quantitative estimate of drug-likeness (QED) is 0.548. The molecular formula is C19H20F2N2O5. The summed E-state index contributed by atoms with van der Waals surface area (Å²) in [6.07, 6.45) is 0. The number of benzene rings is 2. The Balaban J connectivity index is 2.16. The van der Waals surface area contributed by atoms with Crippen molar-refractivity contribution in [3.05, 3.63) is 47.5 Å². The molecule has 0 heterocycles. The fourth-order valence-corrected chi connectivity index (χ4v) is 2.33. The van der Waals surface area contributed by atoms with Crippen LogP contribution in [-0.2, 0) is 0 Å². The van der Waals surface area contributed by atoms with Gasteiger partial charge in [0.1, 0.15) is 0 Å². The van der Waals surface area contributed by atoms with Crippen molar-refractivity contribution < 1.29 is 32.5 Å². The highest BCUT2D eigenvalue weighted by Crippen LogP contribution is 2.30. The van der Waals surface area contributed by atoms with Crippen LogP contribution in [0.1, 0.15) is 22.8 Å². The van der Waals surface area contributed by atoms with Crippen LogP contribution < -0.4 is 24.4 Å². The van der Waals surface area contributed by atoms with Crippen LogP contribution in [0.15, 0.2) is 41.5 Å². The van der Waals surface area contributed by atoms with Gasteiger partial charge in [0.15, 0.2) is 23.0 Å². The molecule has 0 saturated carbocycles. The molecule has 2 aromatic carbocycles. The number of ether oxygens (including phenoxy) is 4. The summed E-state index contributed by atoms with van der Waals surface area (Å²) in [6.45, 7) is -1.31. The van der Waals surface area contributed by atoms with E-state index in [0.29, 0.717) is 28.3 Å². The third-order valence-corrected chi connectivity index (χ3v) is 3.77. The van der Waals surface area contributed by atoms with E-state index in [2.05, 4.69) is 15.3 Å². The third-order valence-electron chi connectivity index (χ3n) is 3.77. The van der Waals surface area contributed by atoms with Crippen LogP contribution in [0.5, 0.6) is 23.0 Å². The van der Waals surface area contributed by atoms with Gasteiger partial charge in [-0.1, -0.05) is 0 Å². The molecule has 0 fully saturated rings. The van der Waals surface area contributed by atoms with E-state index in [4.69, 9.17) is 14.2 Å². The van der Waals surface area contributed by atoms with Crippen molar-refractivity contribution in [3.63, 3.8) is 0 Å². The zero-order valence-electron chi connectivity index (χ0n) is 15.8. The lowest BCUT2D eigenvalue weighted by molar-refractivity contribution is -0.0512. The maximum atomic E-state index is 12.4. The van der Waals surface area contributed by atoms with Crippen molar-refractivity contribution in [2.75, 3.05) is 21.3 Å². The van der Waals surface area contributed by atoms with Gasteiger partial charge in [0.2, 0.25) is 0 Å². The minimum Gasteiger partial charge on any atom is -0.493 e. The SMILES string of the molecule is COc1ccc(C(=O)N/N=C(/C)c2ccc(OC(F)F)c(OC)c2)cc1OC. The largest absolute Gasteiger partial charge is 0.493 e. The maximum Gasteiger partial charge on any atom is 0.387 e. The standard InChI is InChI=1S/C19H20F2N2O5/c1-11(12-5-8-15(28-19(20)21)17(9-12)27-4)22-23-18(24)13-6-7-14(25-2)16(10-13)26-3/h5-10,19H,1-4H3,(H,23,24)/b22-11-. The molecule has 0 aliphatic carbocycles. The van der Waals surface area contributed by atoms with Gasteiger partial charge in [-0.25, -0.2) is 5.43 Å². The molecule has 2 aromatic rings. The average Bonchev–Trinajstić information content (AvgIpc) is 2.70. The molecule has 7 nitrogen and oxygen atoms in total. The number of rotatable bonds is 8. The van der Waals surface area contributed by atoms with Crippen LogP contribution in [0, 0.1) is 0 Å². The molecule has 0 aromatic heterocycles. The fraction of sp³-hybridized carbons (Fsp3) is 0.263. The van der Waals surface area contributed by atoms with E-state index < -0.39 is 12.5 Å². The molecule has 0 aliphatic rings. The summed E-state index contributed by atoms with van der Waals surface area (Å²) in [5.41, 5.74) is 3.76. The molecule has 0 saturated heterocycles. The molecule has 1 amide bonds. The number of amides is 1. The second-order valence-corrected chi connectivity index (χ2v) is 5.45. The Labute approximate surface area is 160 Å². The number of halogens is 2. The van der Waals surface area contributed by atoms with Gasteiger partial charge in [-0.2, -0.15) is 13.9 Å². The summed E-state index contributed by atoms with van der Waals surface area (Å²) in [5.74, 6) is 0.485. The topological polar surface area (TPSA) is 78.4 Å². The van der Waals surface area contributed by atoms with Gasteiger partial charge in [-0.3, -0.25) is 4.79 Å². The molecule has 150 valence electrons. The normalized spacial score (nSPS) is 11.2. The first-order valence-corrected chi connectivity index (χ1v) is 8.09. The average molecular weight is 394 g/mol. The molecule has 0 atom stereocenters. The molecule has 28 heavy (non-hydrogen) atoms. The summed E-state index contributed by atoms with van der Waals surface area (Å²) in [6, 6.07) is 9.06. The van der Waals surface area contributed by atoms with Crippen LogP contribution in [0.4, 0.5) is 8.78 Å². The first-order valence-electron chi connectivity index (χ1n) is 8.09. The van der Waals surface area contributed by atoms with Crippen molar-refractivity contribution >= 4 is 11.6 Å². The number of carbonyl (C=O) groups excluding carboxylic acids is 1. The molecule has 0 bridgehead atoms. The van der Waals surface area contributed by atoms with Crippen molar-refractivity contribution in [2.45, 2.75) is 13.5 Å². The van der Waals surface area contributed by atoms with Gasteiger partial charge < -0.3 is 18.9 Å². The van der Waals surface area contributed by atoms with E-state index in [9.17, 15) is 13.6 Å². The van der Waals surface area contributed by atoms with E-state index >= 15 is 0 Å². The highest BCUT2D eigenvalue weighted by molar-refractivity contribution is 6.01. The lowest BCUT2D eigenvalue weighted by atomic mass is 10.1. The molecule has 0 unspecified atom stereocenters. The lowest BCUT2D eigenvalue weighted by Crippen LogP contribution is -2.19. The van der Waals surface area contributed by atoms with E-state index in [-0.39, 0.29) is 11.5 Å². The fourth-order valence-electron chi connectivity index (χ4n) is 2.33. The highest BCUT2D eigenvalue weighted by atomic mass is 19.3. The summed E-state index contributed by atoms with van der Waals surface area (Å²) in [4.78, 5) is 12.3. The molecule has 0 aliphatic heterocycles. The van der Waals surface area contributed by atoms with Crippen molar-refractivity contribution in [2.24, 2.45) is 5.10 Å². The molecule has 0 radical (unpaired) electrons. The first-order chi connectivity index (χ1) is 13.4. The van der Waals surface area contributed by atoms with Gasteiger partial charge in [0.05, 0.1) is 27.0 Å². The monoisotopic (exact) mass is 394 g/mol. The van der Waals surface area contributed by atoms with Gasteiger partial charge in [0, 0.05) is 11.1 Å². The number of hydrogen-bond acceptors (Lipinski definition) is 6. The molecule has 2 rings (SSSR count). The Morgan fingerprint density at radius 3 is 2.04 bits per heavy atom. The van der Waals surface area contributed by atoms with Gasteiger partial charge in [-0.15, -0.1) is 0 Å². The Morgan fingerprint density at radius 2 is 1.43 bits per heavy atom. The Kier molecular flexibility index (Phi) is 7.14. The number of hydrazone groups is 1. The predicted molar refractivity (Wildman–Crippen MR) is 98.8 cm³/mol. The van der Waals surface area contributed by atoms with E-state index in [0.717, 1.165) is 0 Å². The molecule has 1 N–H and O–H groups in total. The first kappa shape index (κ1) is 20.9. The summed E-state index contributed by atoms with van der Waals surface area (Å²) >= 11 is 0. The second kappa shape index (κ2) is 9.54. The lowest BCUT2D eigenvalue weighted by Gasteiger charge is -2.11. The van der Waals surface area contributed by atoms with Crippen LogP contribution >= 0.6 is 0 Å². The van der Waals surface area contributed by atoms with Crippen molar-refractivity contribution in [1.82, 2.24) is 5.43 Å². The van der Waals surface area contributed by atoms with Gasteiger partial charge >= 0.3 is 6.61 Å². The zero-order valence-corrected chi connectivity index (χ0v) is 15.8. The molecule has 0 spiro atoms. The Bertz CT molecular complexity index is 871. The van der Waals surface area contributed by atoms with E-state index in [1.807, 2.05) is 0 Å². The Morgan fingerprint density at radius 1 is 0.893 bits per heavy atom. The van der Waals surface area contributed by atoms with E-state index in [1.165, 1.54) is 45.6 Å². The predicted octanol–water partition coefficient (Wildman–Crippen LogP) is 3.47.